The molecule has 2 aromatic carbocycles. The highest BCUT2D eigenvalue weighted by Crippen LogP contribution is 2.25. The number of anilines is 1. The number of hydrogen-bond donors (Lipinski definition) is 0. The maximum absolute atomic E-state index is 12.9. The van der Waals surface area contributed by atoms with Crippen LogP contribution in [0.3, 0.4) is 0 Å². The molecular formula is C31H35ClN6O2S. The zero-order valence-corrected chi connectivity index (χ0v) is 24.9. The van der Waals surface area contributed by atoms with E-state index in [9.17, 15) is 9.59 Å². The van der Waals surface area contributed by atoms with Crippen LogP contribution in [0, 0.1) is 0 Å². The zero-order chi connectivity index (χ0) is 28.6. The van der Waals surface area contributed by atoms with Gasteiger partial charge in [0, 0.05) is 83.2 Å². The Kier molecular flexibility index (Phi) is 9.92. The van der Waals surface area contributed by atoms with Crippen molar-refractivity contribution in [2.45, 2.75) is 17.8 Å². The Morgan fingerprint density at radius 1 is 0.878 bits per heavy atom. The van der Waals surface area contributed by atoms with E-state index in [2.05, 4.69) is 51.2 Å². The SMILES string of the molecule is CC(=O)N1CCN(C(=O)c2ccc(CSc3nc(Cl)cc(N4CCN(C/C=C/c5ccccc5)CC4)n3)cc2)CC1. The molecular weight excluding hydrogens is 556 g/mol. The molecule has 0 radical (unpaired) electrons. The van der Waals surface area contributed by atoms with Gasteiger partial charge in [0.25, 0.3) is 5.91 Å². The maximum atomic E-state index is 12.9. The summed E-state index contributed by atoms with van der Waals surface area (Å²) in [6.45, 7) is 8.47. The predicted octanol–water partition coefficient (Wildman–Crippen LogP) is 4.56. The van der Waals surface area contributed by atoms with Crippen molar-refractivity contribution in [1.82, 2.24) is 24.7 Å². The van der Waals surface area contributed by atoms with Crippen LogP contribution in [0.25, 0.3) is 6.08 Å². The van der Waals surface area contributed by atoms with Crippen molar-refractivity contribution >= 4 is 47.1 Å². The number of halogens is 1. The number of hydrogen-bond acceptors (Lipinski definition) is 7. The molecule has 0 atom stereocenters. The van der Waals surface area contributed by atoms with E-state index in [1.807, 2.05) is 41.3 Å². The van der Waals surface area contributed by atoms with Crippen LogP contribution in [0.1, 0.15) is 28.4 Å². The van der Waals surface area contributed by atoms with Crippen molar-refractivity contribution in [3.8, 4) is 0 Å². The quantitative estimate of drug-likeness (QED) is 0.216. The lowest BCUT2D eigenvalue weighted by atomic mass is 10.1. The first kappa shape index (κ1) is 29.1. The van der Waals surface area contributed by atoms with Gasteiger partial charge in [-0.1, -0.05) is 78.0 Å². The summed E-state index contributed by atoms with van der Waals surface area (Å²) in [5.41, 5.74) is 2.96. The third-order valence-corrected chi connectivity index (χ3v) is 8.52. The number of carbonyl (C=O) groups excluding carboxylic acids is 2. The molecule has 0 N–H and O–H groups in total. The molecule has 0 spiro atoms. The minimum absolute atomic E-state index is 0.00235. The summed E-state index contributed by atoms with van der Waals surface area (Å²) in [5, 5.41) is 1.08. The molecule has 3 heterocycles. The number of aromatic nitrogens is 2. The first-order valence-electron chi connectivity index (χ1n) is 13.9. The van der Waals surface area contributed by atoms with Gasteiger partial charge in [-0.3, -0.25) is 14.5 Å². The Morgan fingerprint density at radius 2 is 1.56 bits per heavy atom. The summed E-state index contributed by atoms with van der Waals surface area (Å²) in [5.74, 6) is 1.59. The van der Waals surface area contributed by atoms with E-state index in [4.69, 9.17) is 16.6 Å². The Labute approximate surface area is 251 Å². The average molecular weight is 591 g/mol. The van der Waals surface area contributed by atoms with Gasteiger partial charge < -0.3 is 14.7 Å². The molecule has 2 amide bonds. The van der Waals surface area contributed by atoms with Crippen LogP contribution in [0.15, 0.2) is 71.9 Å². The molecule has 2 aliphatic heterocycles. The third-order valence-electron chi connectivity index (χ3n) is 7.41. The lowest BCUT2D eigenvalue weighted by Gasteiger charge is -2.35. The van der Waals surface area contributed by atoms with Crippen LogP contribution < -0.4 is 4.90 Å². The van der Waals surface area contributed by atoms with Gasteiger partial charge in [-0.2, -0.15) is 0 Å². The van der Waals surface area contributed by atoms with Crippen LogP contribution in [0.2, 0.25) is 5.15 Å². The molecule has 0 bridgehead atoms. The molecule has 3 aromatic rings. The largest absolute Gasteiger partial charge is 0.354 e. The number of piperazine rings is 2. The van der Waals surface area contributed by atoms with Gasteiger partial charge in [-0.25, -0.2) is 9.97 Å². The van der Waals surface area contributed by atoms with E-state index in [0.29, 0.717) is 47.8 Å². The highest BCUT2D eigenvalue weighted by molar-refractivity contribution is 7.98. The number of amides is 2. The van der Waals surface area contributed by atoms with Gasteiger partial charge in [0.15, 0.2) is 5.16 Å². The second-order valence-corrected chi connectivity index (χ2v) is 11.5. The topological polar surface area (TPSA) is 72.9 Å². The first-order chi connectivity index (χ1) is 19.9. The number of thioether (sulfide) groups is 1. The molecule has 0 saturated carbocycles. The molecule has 2 aliphatic rings. The molecule has 0 unspecified atom stereocenters. The van der Waals surface area contributed by atoms with E-state index in [1.165, 1.54) is 17.3 Å². The summed E-state index contributed by atoms with van der Waals surface area (Å²) in [7, 11) is 0. The predicted molar refractivity (Wildman–Crippen MR) is 165 cm³/mol. The molecule has 5 rings (SSSR count). The number of rotatable bonds is 8. The van der Waals surface area contributed by atoms with E-state index in [0.717, 1.165) is 44.1 Å². The van der Waals surface area contributed by atoms with Crippen molar-refractivity contribution in [2.75, 3.05) is 63.8 Å². The Bertz CT molecular complexity index is 1350. The zero-order valence-electron chi connectivity index (χ0n) is 23.3. The van der Waals surface area contributed by atoms with Crippen LogP contribution in [-0.2, 0) is 10.5 Å². The minimum Gasteiger partial charge on any atom is -0.354 e. The summed E-state index contributed by atoms with van der Waals surface area (Å²) < 4.78 is 0. The summed E-state index contributed by atoms with van der Waals surface area (Å²) in [6, 6.07) is 19.9. The van der Waals surface area contributed by atoms with Crippen LogP contribution >= 0.6 is 23.4 Å². The molecule has 10 heteroatoms. The van der Waals surface area contributed by atoms with E-state index < -0.39 is 0 Å². The van der Waals surface area contributed by atoms with Crippen LogP contribution in [0.5, 0.6) is 0 Å². The highest BCUT2D eigenvalue weighted by atomic mass is 35.5. The monoisotopic (exact) mass is 590 g/mol. The second kappa shape index (κ2) is 14.0. The van der Waals surface area contributed by atoms with Gasteiger partial charge >= 0.3 is 0 Å². The number of carbonyl (C=O) groups is 2. The van der Waals surface area contributed by atoms with E-state index in [-0.39, 0.29) is 11.8 Å². The maximum Gasteiger partial charge on any atom is 0.253 e. The van der Waals surface area contributed by atoms with Crippen molar-refractivity contribution < 1.29 is 9.59 Å². The number of benzene rings is 2. The van der Waals surface area contributed by atoms with Crippen molar-refractivity contribution in [2.24, 2.45) is 0 Å². The lowest BCUT2D eigenvalue weighted by Crippen LogP contribution is -2.50. The van der Waals surface area contributed by atoms with Gasteiger partial charge in [0.1, 0.15) is 11.0 Å². The van der Waals surface area contributed by atoms with Crippen LogP contribution in [-0.4, -0.2) is 95.4 Å². The highest BCUT2D eigenvalue weighted by Gasteiger charge is 2.23. The smallest absolute Gasteiger partial charge is 0.253 e. The van der Waals surface area contributed by atoms with Crippen LogP contribution in [0.4, 0.5) is 5.82 Å². The Balaban J connectivity index is 1.10. The summed E-state index contributed by atoms with van der Waals surface area (Å²) >= 11 is 7.92. The molecule has 1 aromatic heterocycles. The second-order valence-electron chi connectivity index (χ2n) is 10.2. The molecule has 2 saturated heterocycles. The van der Waals surface area contributed by atoms with Gasteiger partial charge in [-0.15, -0.1) is 0 Å². The fraction of sp³-hybridized carbons (Fsp3) is 0.355. The lowest BCUT2D eigenvalue weighted by molar-refractivity contribution is -0.130. The molecule has 41 heavy (non-hydrogen) atoms. The van der Waals surface area contributed by atoms with E-state index >= 15 is 0 Å². The first-order valence-corrected chi connectivity index (χ1v) is 15.3. The fourth-order valence-electron chi connectivity index (χ4n) is 4.97. The number of nitrogens with zero attached hydrogens (tertiary/aromatic N) is 6. The molecule has 8 nitrogen and oxygen atoms in total. The molecule has 2 fully saturated rings. The fourth-order valence-corrected chi connectivity index (χ4v) is 6.01. The standard InChI is InChI=1S/C31H35ClN6O2S/c1-24(39)36-18-20-38(21-19-36)30(40)27-11-9-26(10-12-27)23-41-31-33-28(32)22-29(34-31)37-16-14-35(15-17-37)13-5-8-25-6-3-2-4-7-25/h2-12,22H,13-21,23H2,1H3/b8-5+. The van der Waals surface area contributed by atoms with Gasteiger partial charge in [-0.05, 0) is 23.3 Å². The Morgan fingerprint density at radius 3 is 2.24 bits per heavy atom. The molecule has 0 aliphatic carbocycles. The Hall–Kier alpha value is -3.40. The summed E-state index contributed by atoms with van der Waals surface area (Å²) in [6.07, 6.45) is 4.39. The third kappa shape index (κ3) is 8.09. The molecule has 214 valence electrons. The summed E-state index contributed by atoms with van der Waals surface area (Å²) in [4.78, 5) is 42.0. The van der Waals surface area contributed by atoms with Gasteiger partial charge in [0.05, 0.1) is 0 Å². The van der Waals surface area contributed by atoms with Crippen molar-refractivity contribution in [3.63, 3.8) is 0 Å². The van der Waals surface area contributed by atoms with Gasteiger partial charge in [0.2, 0.25) is 5.91 Å². The minimum atomic E-state index is 0.00235. The van der Waals surface area contributed by atoms with Crippen molar-refractivity contribution in [1.29, 1.82) is 0 Å². The average Bonchev–Trinajstić information content (AvgIpc) is 3.00. The normalized spacial score (nSPS) is 16.4. The van der Waals surface area contributed by atoms with Crippen molar-refractivity contribution in [3.05, 3.63) is 88.6 Å². The van der Waals surface area contributed by atoms with E-state index in [1.54, 1.807) is 11.8 Å².